The molecule has 2 aromatic carbocycles. The molecule has 1 aromatic heterocycles. The van der Waals surface area contributed by atoms with Crippen molar-refractivity contribution >= 4 is 40.9 Å². The summed E-state index contributed by atoms with van der Waals surface area (Å²) in [4.78, 5) is 33.1. The maximum Gasteiger partial charge on any atom is 0.271 e. The zero-order valence-corrected chi connectivity index (χ0v) is 19.6. The number of hydrogen-bond donors (Lipinski definition) is 2. The van der Waals surface area contributed by atoms with Gasteiger partial charge in [-0.05, 0) is 36.6 Å². The Bertz CT molecular complexity index is 1070. The van der Waals surface area contributed by atoms with Crippen molar-refractivity contribution in [3.63, 3.8) is 0 Å². The number of aromatic nitrogens is 2. The van der Waals surface area contributed by atoms with Crippen molar-refractivity contribution in [1.29, 1.82) is 0 Å². The lowest BCUT2D eigenvalue weighted by Crippen LogP contribution is -2.28. The van der Waals surface area contributed by atoms with Gasteiger partial charge in [0.25, 0.3) is 5.91 Å². The van der Waals surface area contributed by atoms with E-state index in [1.807, 2.05) is 43.3 Å². The molecule has 0 aliphatic carbocycles. The van der Waals surface area contributed by atoms with Crippen LogP contribution in [0.15, 0.2) is 59.9 Å². The molecule has 0 bridgehead atoms. The third kappa shape index (κ3) is 7.07. The van der Waals surface area contributed by atoms with Crippen LogP contribution >= 0.6 is 23.4 Å². The Labute approximate surface area is 197 Å². The maximum atomic E-state index is 12.5. The molecule has 1 heterocycles. The van der Waals surface area contributed by atoms with E-state index < -0.39 is 5.91 Å². The molecule has 0 atom stereocenters. The van der Waals surface area contributed by atoms with Crippen LogP contribution in [-0.2, 0) is 17.0 Å². The third-order valence-electron chi connectivity index (χ3n) is 4.71. The zero-order valence-electron chi connectivity index (χ0n) is 18.0. The fourth-order valence-corrected chi connectivity index (χ4v) is 3.78. The Morgan fingerprint density at radius 2 is 1.72 bits per heavy atom. The van der Waals surface area contributed by atoms with Gasteiger partial charge in [-0.15, -0.1) is 0 Å². The van der Waals surface area contributed by atoms with E-state index in [4.69, 9.17) is 11.6 Å². The summed E-state index contributed by atoms with van der Waals surface area (Å²) in [5, 5.41) is 6.15. The molecule has 2 N–H and O–H groups in total. The number of carbonyl (C=O) groups excluding carboxylic acids is 2. The molecule has 0 aliphatic heterocycles. The van der Waals surface area contributed by atoms with Crippen LogP contribution in [0.25, 0.3) is 0 Å². The van der Waals surface area contributed by atoms with Gasteiger partial charge in [0.15, 0.2) is 10.9 Å². The van der Waals surface area contributed by atoms with Crippen LogP contribution in [-0.4, -0.2) is 28.3 Å². The number of nitrogens with one attached hydrogen (secondary N) is 2. The van der Waals surface area contributed by atoms with E-state index >= 15 is 0 Å². The molecule has 0 aliphatic rings. The highest BCUT2D eigenvalue weighted by atomic mass is 35.5. The lowest BCUT2D eigenvalue weighted by atomic mass is 10.1. The highest BCUT2D eigenvalue weighted by Gasteiger charge is 2.15. The van der Waals surface area contributed by atoms with Gasteiger partial charge in [0.1, 0.15) is 0 Å². The van der Waals surface area contributed by atoms with Crippen LogP contribution in [0.4, 0.5) is 5.69 Å². The minimum atomic E-state index is -0.435. The molecule has 8 heteroatoms. The van der Waals surface area contributed by atoms with Gasteiger partial charge >= 0.3 is 0 Å². The predicted molar refractivity (Wildman–Crippen MR) is 129 cm³/mol. The number of anilines is 1. The standard InChI is InChI=1S/C24H25ClN4O2S/c1-3-17-8-10-19(11-9-17)28-21(30)12-13-26-23(31)22-20(25)14-27-24(29-22)32-15-18-6-4-16(2)5-7-18/h4-11,14H,3,12-13,15H2,1-2H3,(H,26,31)(H,28,30). The van der Waals surface area contributed by atoms with Crippen molar-refractivity contribution < 1.29 is 9.59 Å². The summed E-state index contributed by atoms with van der Waals surface area (Å²) in [7, 11) is 0. The monoisotopic (exact) mass is 468 g/mol. The molecule has 3 aromatic rings. The SMILES string of the molecule is CCc1ccc(NC(=O)CCNC(=O)c2nc(SCc3ccc(C)cc3)ncc2Cl)cc1. The van der Waals surface area contributed by atoms with Crippen molar-refractivity contribution in [3.05, 3.63) is 82.1 Å². The summed E-state index contributed by atoms with van der Waals surface area (Å²) >= 11 is 7.55. The van der Waals surface area contributed by atoms with Crippen molar-refractivity contribution in [1.82, 2.24) is 15.3 Å². The van der Waals surface area contributed by atoms with Gasteiger partial charge in [0.05, 0.1) is 11.2 Å². The summed E-state index contributed by atoms with van der Waals surface area (Å²) in [5.41, 5.74) is 4.37. The molecule has 0 radical (unpaired) electrons. The minimum Gasteiger partial charge on any atom is -0.350 e. The highest BCUT2D eigenvalue weighted by molar-refractivity contribution is 7.98. The molecule has 0 saturated carbocycles. The first kappa shape index (κ1) is 23.8. The maximum absolute atomic E-state index is 12.5. The topological polar surface area (TPSA) is 84.0 Å². The van der Waals surface area contributed by atoms with E-state index in [1.165, 1.54) is 29.1 Å². The first-order valence-electron chi connectivity index (χ1n) is 10.3. The Morgan fingerprint density at radius 3 is 2.41 bits per heavy atom. The minimum absolute atomic E-state index is 0.101. The molecule has 0 saturated heterocycles. The van der Waals surface area contributed by atoms with E-state index in [9.17, 15) is 9.59 Å². The fraction of sp³-hybridized carbons (Fsp3) is 0.250. The van der Waals surface area contributed by atoms with Gasteiger partial charge < -0.3 is 10.6 Å². The summed E-state index contributed by atoms with van der Waals surface area (Å²) in [6.07, 6.45) is 2.50. The summed E-state index contributed by atoms with van der Waals surface area (Å²) in [6.45, 7) is 4.28. The lowest BCUT2D eigenvalue weighted by Gasteiger charge is -2.09. The first-order valence-corrected chi connectivity index (χ1v) is 11.7. The lowest BCUT2D eigenvalue weighted by molar-refractivity contribution is -0.116. The third-order valence-corrected chi connectivity index (χ3v) is 5.92. The Balaban J connectivity index is 1.49. The second kappa shape index (κ2) is 11.6. The average Bonchev–Trinajstić information content (AvgIpc) is 2.80. The second-order valence-electron chi connectivity index (χ2n) is 7.23. The highest BCUT2D eigenvalue weighted by Crippen LogP contribution is 2.22. The number of hydrogen-bond acceptors (Lipinski definition) is 5. The molecule has 0 spiro atoms. The zero-order chi connectivity index (χ0) is 22.9. The molecular formula is C24H25ClN4O2S. The predicted octanol–water partition coefficient (Wildman–Crippen LogP) is 5.05. The number of nitrogens with zero attached hydrogens (tertiary/aromatic N) is 2. The summed E-state index contributed by atoms with van der Waals surface area (Å²) < 4.78 is 0. The molecule has 0 unspecified atom stereocenters. The molecule has 166 valence electrons. The number of rotatable bonds is 9. The summed E-state index contributed by atoms with van der Waals surface area (Å²) in [6, 6.07) is 15.9. The normalized spacial score (nSPS) is 10.6. The number of carbonyl (C=O) groups is 2. The van der Waals surface area contributed by atoms with Gasteiger partial charge in [-0.25, -0.2) is 9.97 Å². The number of thioether (sulfide) groups is 1. The van der Waals surface area contributed by atoms with E-state index in [0.29, 0.717) is 10.9 Å². The van der Waals surface area contributed by atoms with Crippen molar-refractivity contribution in [3.8, 4) is 0 Å². The van der Waals surface area contributed by atoms with Crippen LogP contribution in [0.2, 0.25) is 5.02 Å². The van der Waals surface area contributed by atoms with E-state index in [-0.39, 0.29) is 29.6 Å². The van der Waals surface area contributed by atoms with Crippen molar-refractivity contribution in [2.45, 2.75) is 37.6 Å². The largest absolute Gasteiger partial charge is 0.350 e. The number of halogens is 1. The quantitative estimate of drug-likeness (QED) is 0.339. The van der Waals surface area contributed by atoms with Gasteiger partial charge in [-0.2, -0.15) is 0 Å². The van der Waals surface area contributed by atoms with Crippen LogP contribution in [0, 0.1) is 6.92 Å². The van der Waals surface area contributed by atoms with Crippen molar-refractivity contribution in [2.75, 3.05) is 11.9 Å². The smallest absolute Gasteiger partial charge is 0.271 e. The Morgan fingerprint density at radius 1 is 1.03 bits per heavy atom. The van der Waals surface area contributed by atoms with Gasteiger partial charge in [0.2, 0.25) is 5.91 Å². The molecule has 0 fully saturated rings. The fourth-order valence-electron chi connectivity index (χ4n) is 2.83. The molecule has 3 rings (SSSR count). The number of benzene rings is 2. The Kier molecular flexibility index (Phi) is 8.64. The van der Waals surface area contributed by atoms with Crippen LogP contribution < -0.4 is 10.6 Å². The van der Waals surface area contributed by atoms with E-state index in [0.717, 1.165) is 17.7 Å². The molecule has 6 nitrogen and oxygen atoms in total. The van der Waals surface area contributed by atoms with Crippen molar-refractivity contribution in [2.24, 2.45) is 0 Å². The van der Waals surface area contributed by atoms with Gasteiger partial charge in [-0.3, -0.25) is 9.59 Å². The molecule has 2 amide bonds. The summed E-state index contributed by atoms with van der Waals surface area (Å²) in [5.74, 6) is 0.0647. The van der Waals surface area contributed by atoms with Crippen LogP contribution in [0.1, 0.15) is 40.5 Å². The van der Waals surface area contributed by atoms with Crippen LogP contribution in [0.5, 0.6) is 0 Å². The molecular weight excluding hydrogens is 444 g/mol. The Hall–Kier alpha value is -2.90. The molecule has 32 heavy (non-hydrogen) atoms. The van der Waals surface area contributed by atoms with E-state index in [1.54, 1.807) is 0 Å². The van der Waals surface area contributed by atoms with Crippen LogP contribution in [0.3, 0.4) is 0 Å². The van der Waals surface area contributed by atoms with E-state index in [2.05, 4.69) is 39.7 Å². The van der Waals surface area contributed by atoms with Gasteiger partial charge in [-0.1, -0.05) is 72.2 Å². The number of aryl methyl sites for hydroxylation is 2. The first-order chi connectivity index (χ1) is 15.4. The average molecular weight is 469 g/mol. The number of amides is 2. The van der Waals surface area contributed by atoms with Gasteiger partial charge in [0, 0.05) is 24.4 Å². The second-order valence-corrected chi connectivity index (χ2v) is 8.58.